The van der Waals surface area contributed by atoms with E-state index in [1.54, 1.807) is 12.1 Å². The number of esters is 1. The van der Waals surface area contributed by atoms with E-state index in [4.69, 9.17) is 24.7 Å². The van der Waals surface area contributed by atoms with Crippen LogP contribution in [0, 0.1) is 29.1 Å². The lowest BCUT2D eigenvalue weighted by Crippen LogP contribution is -2.71. The summed E-state index contributed by atoms with van der Waals surface area (Å²) in [6.07, 6.45) is 1.95. The minimum absolute atomic E-state index is 0.0463. The number of methoxy groups -OCH3 is 1. The minimum Gasteiger partial charge on any atom is -0.464 e. The molecular weight excluding hydrogens is 779 g/mol. The van der Waals surface area contributed by atoms with E-state index in [2.05, 4.69) is 91.0 Å². The standard InChI is InChI=1S/C45H59N9O5S/c1-9-53-35-11-10-27-18-30(35)32(41(53)31-19-36(48-49-39(31)26(4)58-8)52-14-12-51(7)13-15-52)21-45(5,6)23-59-44(57)40-28-16-29(17-28)54(50-40)43(56)33(20-37-46-34(27)22-60-37)47-42(55)38-24(2)25(38)3/h10-11,18-19,22,24-26,28-29,33,38,40,50H,9,12-17,20-21,23H2,1-8H3,(H,47,55). The number of fused-ring (bicyclic) bond motifs is 4. The minimum atomic E-state index is -0.834. The van der Waals surface area contributed by atoms with Gasteiger partial charge < -0.3 is 29.2 Å². The lowest BCUT2D eigenvalue weighted by atomic mass is 9.73. The third-order valence-electron chi connectivity index (χ3n) is 14.1. The van der Waals surface area contributed by atoms with Crippen molar-refractivity contribution in [2.75, 3.05) is 51.8 Å². The van der Waals surface area contributed by atoms with Gasteiger partial charge in [-0.25, -0.2) is 10.4 Å². The first-order chi connectivity index (χ1) is 28.7. The van der Waals surface area contributed by atoms with E-state index in [1.165, 1.54) is 11.3 Å². The highest BCUT2D eigenvalue weighted by Gasteiger charge is 2.53. The highest BCUT2D eigenvalue weighted by molar-refractivity contribution is 7.10. The molecule has 4 aromatic rings. The number of hydrazine groups is 1. The summed E-state index contributed by atoms with van der Waals surface area (Å²) in [5.74, 6) is 0.616. The Hall–Kier alpha value is -4.44. The third-order valence-corrected chi connectivity index (χ3v) is 15.0. The van der Waals surface area contributed by atoms with E-state index in [9.17, 15) is 14.4 Å². The van der Waals surface area contributed by atoms with Crippen molar-refractivity contribution in [1.29, 1.82) is 0 Å². The monoisotopic (exact) mass is 837 g/mol. The number of thiazole rings is 1. The molecule has 3 saturated heterocycles. The van der Waals surface area contributed by atoms with Crippen molar-refractivity contribution >= 4 is 45.8 Å². The number of nitrogens with zero attached hydrogens (tertiary/aromatic N) is 7. The van der Waals surface area contributed by atoms with E-state index in [0.29, 0.717) is 25.8 Å². The summed E-state index contributed by atoms with van der Waals surface area (Å²) in [6.45, 7) is 17.1. The first kappa shape index (κ1) is 40.9. The number of carbonyl (C=O) groups is 3. The average Bonchev–Trinajstić information content (AvgIpc) is 3.50. The average molecular weight is 838 g/mol. The molecule has 2 N–H and O–H groups in total. The van der Waals surface area contributed by atoms with E-state index in [1.807, 2.05) is 12.3 Å². The molecule has 60 heavy (non-hydrogen) atoms. The molecule has 8 bridgehead atoms. The molecule has 5 fully saturated rings. The van der Waals surface area contributed by atoms with Crippen LogP contribution in [0.1, 0.15) is 76.8 Å². The molecule has 1 aromatic carbocycles. The quantitative estimate of drug-likeness (QED) is 0.236. The summed E-state index contributed by atoms with van der Waals surface area (Å²) in [5.41, 5.74) is 9.59. The Morgan fingerprint density at radius 2 is 1.85 bits per heavy atom. The van der Waals surface area contributed by atoms with Crippen LogP contribution in [-0.4, -0.2) is 113 Å². The van der Waals surface area contributed by atoms with Gasteiger partial charge in [0.05, 0.1) is 29.1 Å². The second-order valence-corrected chi connectivity index (χ2v) is 19.7. The Labute approximate surface area is 356 Å². The van der Waals surface area contributed by atoms with Crippen LogP contribution < -0.4 is 15.6 Å². The van der Waals surface area contributed by atoms with Crippen LogP contribution in [0.3, 0.4) is 0 Å². The molecule has 4 aliphatic heterocycles. The summed E-state index contributed by atoms with van der Waals surface area (Å²) in [6, 6.07) is 7.19. The van der Waals surface area contributed by atoms with Crippen LogP contribution >= 0.6 is 11.3 Å². The molecule has 5 atom stereocenters. The van der Waals surface area contributed by atoms with Gasteiger partial charge in [0, 0.05) is 91.0 Å². The molecule has 2 amide bonds. The number of cyclic esters (lactones) is 1. The van der Waals surface area contributed by atoms with Gasteiger partial charge in [-0.2, -0.15) is 5.10 Å². The fourth-order valence-electron chi connectivity index (χ4n) is 9.92. The van der Waals surface area contributed by atoms with Crippen LogP contribution in [-0.2, 0) is 43.2 Å². The molecule has 7 heterocycles. The number of benzene rings is 1. The molecule has 5 unspecified atom stereocenters. The number of nitrogens with one attached hydrogen (secondary N) is 2. The molecule has 2 aliphatic carbocycles. The van der Waals surface area contributed by atoms with Gasteiger partial charge in [-0.1, -0.05) is 33.8 Å². The number of aryl methyl sites for hydroxylation is 1. The van der Waals surface area contributed by atoms with Crippen molar-refractivity contribution in [3.63, 3.8) is 0 Å². The Kier molecular flexibility index (Phi) is 10.8. The summed E-state index contributed by atoms with van der Waals surface area (Å²) in [4.78, 5) is 51.8. The summed E-state index contributed by atoms with van der Waals surface area (Å²) in [7, 11) is 3.85. The van der Waals surface area contributed by atoms with Crippen LogP contribution in [0.4, 0.5) is 5.82 Å². The Balaban J connectivity index is 1.17. The molecule has 3 aromatic heterocycles. The Morgan fingerprint density at radius 3 is 2.55 bits per heavy atom. The maximum absolute atomic E-state index is 14.4. The fraction of sp³-hybridized carbons (Fsp3) is 0.600. The summed E-state index contributed by atoms with van der Waals surface area (Å²) in [5, 5.41) is 18.3. The van der Waals surface area contributed by atoms with E-state index in [0.717, 1.165) is 81.7 Å². The number of ether oxygens (including phenoxy) is 2. The predicted molar refractivity (Wildman–Crippen MR) is 231 cm³/mol. The van der Waals surface area contributed by atoms with E-state index in [-0.39, 0.29) is 66.6 Å². The van der Waals surface area contributed by atoms with Crippen LogP contribution in [0.15, 0.2) is 29.6 Å². The third kappa shape index (κ3) is 7.38. The highest BCUT2D eigenvalue weighted by atomic mass is 32.1. The SMILES string of the molecule is CCn1c(-c2cc(N3CCN(C)CC3)nnc2C(C)OC)c2c3cc(ccc31)-c1csc(n1)CC(NC(=O)C1C(C)C1C)C(=O)N1NC(C(=O)OCC(C)(C)C2)C2CC1C2. The number of amides is 2. The van der Waals surface area contributed by atoms with Gasteiger partial charge in [0.25, 0.3) is 5.91 Å². The first-order valence-corrected chi connectivity index (χ1v) is 22.6. The van der Waals surface area contributed by atoms with Crippen molar-refractivity contribution in [2.45, 2.75) is 98.0 Å². The van der Waals surface area contributed by atoms with Crippen molar-refractivity contribution in [1.82, 2.24) is 40.4 Å². The van der Waals surface area contributed by atoms with Crippen molar-refractivity contribution in [3.8, 4) is 22.5 Å². The largest absolute Gasteiger partial charge is 0.464 e. The zero-order chi connectivity index (χ0) is 42.2. The Bertz CT molecular complexity index is 2300. The van der Waals surface area contributed by atoms with Gasteiger partial charge >= 0.3 is 5.97 Å². The van der Waals surface area contributed by atoms with E-state index >= 15 is 0 Å². The van der Waals surface area contributed by atoms with Gasteiger partial charge in [-0.15, -0.1) is 16.4 Å². The fourth-order valence-corrected chi connectivity index (χ4v) is 10.8. The van der Waals surface area contributed by atoms with Crippen molar-refractivity contribution < 1.29 is 23.9 Å². The molecule has 0 spiro atoms. The summed E-state index contributed by atoms with van der Waals surface area (Å²) < 4.78 is 14.5. The first-order valence-electron chi connectivity index (χ1n) is 21.8. The van der Waals surface area contributed by atoms with Gasteiger partial charge in [0.15, 0.2) is 5.82 Å². The number of rotatable bonds is 7. The lowest BCUT2D eigenvalue weighted by Gasteiger charge is -2.53. The molecule has 320 valence electrons. The van der Waals surface area contributed by atoms with E-state index < -0.39 is 17.5 Å². The number of piperazine rings is 1. The molecule has 15 heteroatoms. The molecule has 14 nitrogen and oxygen atoms in total. The van der Waals surface area contributed by atoms with Gasteiger partial charge in [0.1, 0.15) is 17.8 Å². The van der Waals surface area contributed by atoms with Crippen molar-refractivity contribution in [3.05, 3.63) is 45.9 Å². The molecule has 6 aliphatic rings. The zero-order valence-corrected chi connectivity index (χ0v) is 37.0. The van der Waals surface area contributed by atoms with Gasteiger partial charge in [-0.05, 0) is 81.7 Å². The zero-order valence-electron chi connectivity index (χ0n) is 36.2. The molecule has 10 rings (SSSR count). The number of hydrogen-bond donors (Lipinski definition) is 2. The highest BCUT2D eigenvalue weighted by Crippen LogP contribution is 2.46. The van der Waals surface area contributed by atoms with Crippen LogP contribution in [0.5, 0.6) is 0 Å². The number of carbonyl (C=O) groups excluding carboxylic acids is 3. The molecular formula is C45H59N9O5S. The van der Waals surface area contributed by atoms with Crippen LogP contribution in [0.25, 0.3) is 33.4 Å². The van der Waals surface area contributed by atoms with Crippen molar-refractivity contribution in [2.24, 2.45) is 29.1 Å². The number of likely N-dealkylation sites (N-methyl/N-ethyl adjacent to an activating group) is 1. The number of aromatic nitrogens is 4. The summed E-state index contributed by atoms with van der Waals surface area (Å²) >= 11 is 1.50. The van der Waals surface area contributed by atoms with Gasteiger partial charge in [-0.3, -0.25) is 19.4 Å². The molecule has 2 saturated carbocycles. The maximum Gasteiger partial charge on any atom is 0.325 e. The second kappa shape index (κ2) is 15.8. The number of hydrogen-bond acceptors (Lipinski definition) is 12. The Morgan fingerprint density at radius 1 is 1.10 bits per heavy atom. The predicted octanol–water partition coefficient (Wildman–Crippen LogP) is 5.25. The second-order valence-electron chi connectivity index (χ2n) is 18.8. The van der Waals surface area contributed by atoms with Gasteiger partial charge in [0.2, 0.25) is 5.91 Å². The lowest BCUT2D eigenvalue weighted by molar-refractivity contribution is -0.171. The normalized spacial score (nSPS) is 28.5. The van der Waals surface area contributed by atoms with Crippen LogP contribution in [0.2, 0.25) is 0 Å². The number of anilines is 1. The topological polar surface area (TPSA) is 147 Å². The maximum atomic E-state index is 14.4. The molecule has 0 radical (unpaired) electrons. The smallest absolute Gasteiger partial charge is 0.325 e.